The largest absolute Gasteiger partial charge is 0.472 e. The monoisotopic (exact) mass is 323 g/mol. The van der Waals surface area contributed by atoms with Crippen LogP contribution in [0.4, 0.5) is 5.69 Å². The Bertz CT molecular complexity index is 772. The van der Waals surface area contributed by atoms with E-state index in [2.05, 4.69) is 22.6 Å². The van der Waals surface area contributed by atoms with Crippen molar-refractivity contribution in [2.24, 2.45) is 0 Å². The van der Waals surface area contributed by atoms with E-state index in [-0.39, 0.29) is 5.91 Å². The summed E-state index contributed by atoms with van der Waals surface area (Å²) in [5, 5.41) is 6.58. The average Bonchev–Trinajstić information content (AvgIpc) is 3.22. The van der Waals surface area contributed by atoms with Crippen LogP contribution in [-0.4, -0.2) is 37.0 Å². The first-order valence-corrected chi connectivity index (χ1v) is 8.35. The molecule has 1 fully saturated rings. The van der Waals surface area contributed by atoms with Gasteiger partial charge >= 0.3 is 0 Å². The number of carbonyl (C=O) groups is 1. The lowest BCUT2D eigenvalue weighted by Crippen LogP contribution is -2.40. The minimum atomic E-state index is -0.0622. The van der Waals surface area contributed by atoms with Crippen molar-refractivity contribution in [3.8, 4) is 0 Å². The van der Waals surface area contributed by atoms with Crippen molar-refractivity contribution in [1.82, 2.24) is 10.2 Å². The summed E-state index contributed by atoms with van der Waals surface area (Å²) in [4.78, 5) is 14.9. The summed E-state index contributed by atoms with van der Waals surface area (Å²) in [5.41, 5.74) is 4.28. The molecule has 2 aromatic rings. The fraction of sp³-hybridized carbons (Fsp3) is 0.316. The number of furan rings is 1. The second kappa shape index (κ2) is 6.17. The molecule has 5 nitrogen and oxygen atoms in total. The molecular formula is C19H21N3O2. The Morgan fingerprint density at radius 2 is 2.04 bits per heavy atom. The molecule has 0 aliphatic carbocycles. The van der Waals surface area contributed by atoms with E-state index < -0.39 is 0 Å². The number of amides is 1. The summed E-state index contributed by atoms with van der Waals surface area (Å²) >= 11 is 0. The highest BCUT2D eigenvalue weighted by Gasteiger charge is 2.29. The third-order valence-electron chi connectivity index (χ3n) is 4.80. The highest BCUT2D eigenvalue weighted by Crippen LogP contribution is 2.36. The van der Waals surface area contributed by atoms with Gasteiger partial charge < -0.3 is 20.0 Å². The van der Waals surface area contributed by atoms with Crippen LogP contribution in [0.1, 0.15) is 24.0 Å². The van der Waals surface area contributed by atoms with Crippen LogP contribution < -0.4 is 10.6 Å². The summed E-state index contributed by atoms with van der Waals surface area (Å²) < 4.78 is 5.27. The Morgan fingerprint density at radius 3 is 2.79 bits per heavy atom. The van der Waals surface area contributed by atoms with Crippen molar-refractivity contribution in [3.05, 3.63) is 54.0 Å². The molecule has 1 aromatic heterocycles. The molecular weight excluding hydrogens is 302 g/mol. The topological polar surface area (TPSA) is 57.5 Å². The van der Waals surface area contributed by atoms with Crippen molar-refractivity contribution in [2.75, 3.05) is 25.5 Å². The van der Waals surface area contributed by atoms with Gasteiger partial charge in [0.25, 0.3) is 5.91 Å². The molecule has 0 unspecified atom stereocenters. The van der Waals surface area contributed by atoms with E-state index in [0.29, 0.717) is 11.6 Å². The molecule has 0 spiro atoms. The maximum absolute atomic E-state index is 12.6. The number of rotatable bonds is 3. The number of carbonyl (C=O) groups excluding carboxylic acids is 1. The molecule has 5 heteroatoms. The van der Waals surface area contributed by atoms with Gasteiger partial charge in [0.05, 0.1) is 23.8 Å². The first kappa shape index (κ1) is 15.0. The number of nitrogens with zero attached hydrogens (tertiary/aromatic N) is 1. The molecule has 2 N–H and O–H groups in total. The van der Waals surface area contributed by atoms with E-state index in [1.165, 1.54) is 0 Å². The van der Waals surface area contributed by atoms with Crippen LogP contribution >= 0.6 is 0 Å². The van der Waals surface area contributed by atoms with Gasteiger partial charge in [-0.3, -0.25) is 4.79 Å². The molecule has 0 saturated carbocycles. The quantitative estimate of drug-likeness (QED) is 0.853. The van der Waals surface area contributed by atoms with Gasteiger partial charge in [0, 0.05) is 22.9 Å². The second-order valence-electron chi connectivity index (χ2n) is 6.48. The number of para-hydroxylation sites is 1. The van der Waals surface area contributed by atoms with Gasteiger partial charge in [0.15, 0.2) is 0 Å². The van der Waals surface area contributed by atoms with Crippen molar-refractivity contribution in [3.63, 3.8) is 0 Å². The van der Waals surface area contributed by atoms with E-state index in [4.69, 9.17) is 4.42 Å². The molecule has 124 valence electrons. The Hall–Kier alpha value is -2.53. The van der Waals surface area contributed by atoms with Crippen LogP contribution in [0, 0.1) is 0 Å². The van der Waals surface area contributed by atoms with Crippen LogP contribution in [0.2, 0.25) is 0 Å². The van der Waals surface area contributed by atoms with Crippen molar-refractivity contribution < 1.29 is 9.21 Å². The predicted molar refractivity (Wildman–Crippen MR) is 94.2 cm³/mol. The lowest BCUT2D eigenvalue weighted by Gasteiger charge is -2.31. The number of piperidine rings is 1. The van der Waals surface area contributed by atoms with Gasteiger partial charge in [-0.05, 0) is 45.1 Å². The molecule has 24 heavy (non-hydrogen) atoms. The molecule has 1 amide bonds. The van der Waals surface area contributed by atoms with Crippen molar-refractivity contribution >= 4 is 22.9 Å². The van der Waals surface area contributed by atoms with Gasteiger partial charge in [0.1, 0.15) is 0 Å². The zero-order valence-electron chi connectivity index (χ0n) is 13.7. The summed E-state index contributed by atoms with van der Waals surface area (Å²) in [6, 6.07) is 10.1. The summed E-state index contributed by atoms with van der Waals surface area (Å²) in [6.07, 6.45) is 5.46. The van der Waals surface area contributed by atoms with E-state index in [0.717, 1.165) is 48.4 Å². The SMILES string of the molecule is CN1CCC(NC(=C2C(=O)Nc3ccccc32)c2ccoc2)CC1. The fourth-order valence-corrected chi connectivity index (χ4v) is 3.43. The third-order valence-corrected chi connectivity index (χ3v) is 4.80. The molecule has 0 radical (unpaired) electrons. The number of benzene rings is 1. The normalized spacial score (nSPS) is 20.6. The first-order valence-electron chi connectivity index (χ1n) is 8.35. The predicted octanol–water partition coefficient (Wildman–Crippen LogP) is 2.78. The Morgan fingerprint density at radius 1 is 1.25 bits per heavy atom. The molecule has 0 bridgehead atoms. The molecule has 1 saturated heterocycles. The van der Waals surface area contributed by atoms with E-state index in [1.807, 2.05) is 30.3 Å². The van der Waals surface area contributed by atoms with Gasteiger partial charge in [0.2, 0.25) is 0 Å². The van der Waals surface area contributed by atoms with Crippen LogP contribution in [0.3, 0.4) is 0 Å². The molecule has 2 aliphatic rings. The van der Waals surface area contributed by atoms with E-state index >= 15 is 0 Å². The van der Waals surface area contributed by atoms with E-state index in [9.17, 15) is 4.79 Å². The highest BCUT2D eigenvalue weighted by molar-refractivity contribution is 6.36. The van der Waals surface area contributed by atoms with Crippen molar-refractivity contribution in [1.29, 1.82) is 0 Å². The standard InChI is InChI=1S/C19H21N3O2/c1-22-9-6-14(7-10-22)20-18(13-8-11-24-12-13)17-15-4-2-3-5-16(15)21-19(17)23/h2-5,8,11-12,14,20H,6-7,9-10H2,1H3,(H,21,23). The van der Waals surface area contributed by atoms with E-state index in [1.54, 1.807) is 12.5 Å². The zero-order valence-corrected chi connectivity index (χ0v) is 13.7. The van der Waals surface area contributed by atoms with Gasteiger partial charge in [-0.15, -0.1) is 0 Å². The summed E-state index contributed by atoms with van der Waals surface area (Å²) in [7, 11) is 2.15. The van der Waals surface area contributed by atoms with Crippen molar-refractivity contribution in [2.45, 2.75) is 18.9 Å². The fourth-order valence-electron chi connectivity index (χ4n) is 3.43. The Labute approximate surface area is 141 Å². The Kier molecular flexibility index (Phi) is 3.86. The van der Waals surface area contributed by atoms with Crippen LogP contribution in [0.25, 0.3) is 11.3 Å². The summed E-state index contributed by atoms with van der Waals surface area (Å²) in [6.45, 7) is 2.13. The number of hydrogen-bond donors (Lipinski definition) is 2. The first-order chi connectivity index (χ1) is 11.7. The van der Waals surface area contributed by atoms with Gasteiger partial charge in [-0.25, -0.2) is 0 Å². The van der Waals surface area contributed by atoms with Crippen LogP contribution in [0.5, 0.6) is 0 Å². The maximum Gasteiger partial charge on any atom is 0.258 e. The molecule has 4 rings (SSSR count). The number of hydrogen-bond acceptors (Lipinski definition) is 4. The highest BCUT2D eigenvalue weighted by atomic mass is 16.3. The number of anilines is 1. The zero-order chi connectivity index (χ0) is 16.5. The second-order valence-corrected chi connectivity index (χ2v) is 6.48. The minimum absolute atomic E-state index is 0.0622. The lowest BCUT2D eigenvalue weighted by atomic mass is 9.99. The number of likely N-dealkylation sites (tertiary alicyclic amines) is 1. The molecule has 3 heterocycles. The van der Waals surface area contributed by atoms with Gasteiger partial charge in [-0.1, -0.05) is 18.2 Å². The minimum Gasteiger partial charge on any atom is -0.472 e. The molecule has 2 aliphatic heterocycles. The van der Waals surface area contributed by atoms with Gasteiger partial charge in [-0.2, -0.15) is 0 Å². The maximum atomic E-state index is 12.6. The third kappa shape index (κ3) is 2.71. The molecule has 0 atom stereocenters. The van der Waals surface area contributed by atoms with Crippen LogP contribution in [-0.2, 0) is 4.79 Å². The average molecular weight is 323 g/mol. The lowest BCUT2D eigenvalue weighted by molar-refractivity contribution is -0.110. The Balaban J connectivity index is 1.75. The smallest absolute Gasteiger partial charge is 0.258 e. The molecule has 1 aromatic carbocycles. The van der Waals surface area contributed by atoms with Crippen LogP contribution in [0.15, 0.2) is 47.3 Å². The number of fused-ring (bicyclic) bond motifs is 1. The summed E-state index contributed by atoms with van der Waals surface area (Å²) in [5.74, 6) is -0.0622. The number of nitrogens with one attached hydrogen (secondary N) is 2.